The number of nitrogens with zero attached hydrogens (tertiary/aromatic N) is 2. The highest BCUT2D eigenvalue weighted by molar-refractivity contribution is 5.67. The van der Waals surface area contributed by atoms with E-state index in [1.54, 1.807) is 43.9 Å². The number of pyridine rings is 1. The molecule has 0 bridgehead atoms. The summed E-state index contributed by atoms with van der Waals surface area (Å²) >= 11 is 0. The first-order chi connectivity index (χ1) is 18.5. The van der Waals surface area contributed by atoms with Gasteiger partial charge in [-0.05, 0) is 48.4 Å². The molecule has 0 aliphatic heterocycles. The fourth-order valence-corrected chi connectivity index (χ4v) is 4.61. The minimum Gasteiger partial charge on any atom is -0.872 e. The van der Waals surface area contributed by atoms with Crippen molar-refractivity contribution in [2.75, 3.05) is 14.2 Å². The normalized spacial score (nSPS) is 10.9. The molecule has 5 aromatic rings. The van der Waals surface area contributed by atoms with Gasteiger partial charge in [0, 0.05) is 11.6 Å². The third-order valence-electron chi connectivity index (χ3n) is 6.52. The van der Waals surface area contributed by atoms with E-state index in [4.69, 9.17) is 14.2 Å². The predicted molar refractivity (Wildman–Crippen MR) is 143 cm³/mol. The molecule has 0 unspecified atom stereocenters. The van der Waals surface area contributed by atoms with Crippen LogP contribution in [0.3, 0.4) is 0 Å². The molecular weight excluding hydrogens is 480 g/mol. The van der Waals surface area contributed by atoms with Crippen LogP contribution in [0.1, 0.15) is 16.7 Å². The van der Waals surface area contributed by atoms with E-state index < -0.39 is 0 Å². The van der Waals surface area contributed by atoms with Crippen molar-refractivity contribution in [1.29, 1.82) is 0 Å². The van der Waals surface area contributed by atoms with Crippen molar-refractivity contribution < 1.29 is 23.7 Å². The van der Waals surface area contributed by atoms with Gasteiger partial charge in [0.25, 0.3) is 5.65 Å². The van der Waals surface area contributed by atoms with Gasteiger partial charge in [0.2, 0.25) is 0 Å². The summed E-state index contributed by atoms with van der Waals surface area (Å²) in [6, 6.07) is 25.8. The van der Waals surface area contributed by atoms with Gasteiger partial charge in [-0.3, -0.25) is 0 Å². The van der Waals surface area contributed by atoms with E-state index in [1.165, 1.54) is 6.07 Å². The van der Waals surface area contributed by atoms with Gasteiger partial charge in [-0.1, -0.05) is 54.3 Å². The summed E-state index contributed by atoms with van der Waals surface area (Å²) in [5, 5.41) is 12.6. The highest BCUT2D eigenvalue weighted by atomic mass is 16.5. The molecule has 0 aliphatic carbocycles. The van der Waals surface area contributed by atoms with Crippen LogP contribution in [-0.4, -0.2) is 18.8 Å². The second-order valence-corrected chi connectivity index (χ2v) is 8.92. The van der Waals surface area contributed by atoms with E-state index in [1.807, 2.05) is 71.3 Å². The average molecular weight is 509 g/mol. The second-order valence-electron chi connectivity index (χ2n) is 8.92. The van der Waals surface area contributed by atoms with Gasteiger partial charge >= 0.3 is 5.56 Å². The molecule has 0 saturated heterocycles. The number of hydrogen-bond donors (Lipinski definition) is 0. The van der Waals surface area contributed by atoms with Crippen LogP contribution >= 0.6 is 0 Å². The third kappa shape index (κ3) is 4.78. The van der Waals surface area contributed by atoms with Gasteiger partial charge in [-0.25, -0.2) is 4.79 Å². The number of fused-ring (bicyclic) bond motifs is 1. The zero-order chi connectivity index (χ0) is 26.6. The number of para-hydroxylation sites is 1. The summed E-state index contributed by atoms with van der Waals surface area (Å²) in [5.74, 6) is 1.82. The van der Waals surface area contributed by atoms with E-state index in [2.05, 4.69) is 0 Å². The van der Waals surface area contributed by atoms with E-state index >= 15 is 0 Å². The maximum atomic E-state index is 13.6. The lowest BCUT2D eigenvalue weighted by Crippen LogP contribution is -2.38. The first-order valence-electron chi connectivity index (χ1n) is 12.2. The predicted octanol–water partition coefficient (Wildman–Crippen LogP) is 4.28. The maximum Gasteiger partial charge on any atom is 0.341 e. The van der Waals surface area contributed by atoms with E-state index in [0.717, 1.165) is 16.9 Å². The van der Waals surface area contributed by atoms with Crippen LogP contribution < -0.4 is 29.3 Å². The molecule has 0 saturated carbocycles. The summed E-state index contributed by atoms with van der Waals surface area (Å²) < 4.78 is 20.5. The largest absolute Gasteiger partial charge is 0.872 e. The van der Waals surface area contributed by atoms with E-state index in [-0.39, 0.29) is 11.3 Å². The molecule has 5 rings (SSSR count). The van der Waals surface area contributed by atoms with Gasteiger partial charge in [-0.2, -0.15) is 8.97 Å². The van der Waals surface area contributed by atoms with Crippen molar-refractivity contribution in [3.63, 3.8) is 0 Å². The van der Waals surface area contributed by atoms with Gasteiger partial charge in [-0.15, -0.1) is 0 Å². The fourth-order valence-electron chi connectivity index (χ4n) is 4.61. The van der Waals surface area contributed by atoms with E-state index in [9.17, 15) is 9.90 Å². The maximum absolute atomic E-state index is 13.6. The Morgan fingerprint density at radius 2 is 1.66 bits per heavy atom. The lowest BCUT2D eigenvalue weighted by molar-refractivity contribution is -0.504. The summed E-state index contributed by atoms with van der Waals surface area (Å²) in [7, 11) is 3.22. The quantitative estimate of drug-likeness (QED) is 0.293. The molecule has 0 spiro atoms. The zero-order valence-electron chi connectivity index (χ0n) is 21.5. The van der Waals surface area contributed by atoms with Gasteiger partial charge < -0.3 is 19.3 Å². The van der Waals surface area contributed by atoms with Crippen molar-refractivity contribution in [3.8, 4) is 34.3 Å². The molecule has 0 fully saturated rings. The number of rotatable bonds is 8. The fraction of sp³-hybridized carbons (Fsp3) is 0.161. The molecular formula is C31H28N2O5. The first-order valence-corrected chi connectivity index (χ1v) is 12.2. The minimum absolute atomic E-state index is 0.125. The van der Waals surface area contributed by atoms with Gasteiger partial charge in [0.05, 0.1) is 26.0 Å². The standard InChI is InChI=1S/C31H28N2O5/c1-21-30(25-11-4-5-12-26(25)34)32-16-7-6-13-29(32)33(31(21)35)19-22-14-15-27(28(18-22)37-3)38-20-23-9-8-10-24(17-23)36-2/h4-18H,19-20H2,1-3H3. The lowest BCUT2D eigenvalue weighted by Gasteiger charge is -2.16. The number of hydrogen-bond acceptors (Lipinski definition) is 5. The molecule has 0 atom stereocenters. The Kier molecular flexibility index (Phi) is 7.00. The van der Waals surface area contributed by atoms with Crippen LogP contribution in [0.15, 0.2) is 95.9 Å². The van der Waals surface area contributed by atoms with Crippen LogP contribution in [0.4, 0.5) is 0 Å². The molecule has 7 heteroatoms. The number of benzene rings is 3. The van der Waals surface area contributed by atoms with E-state index in [0.29, 0.717) is 47.1 Å². The molecule has 192 valence electrons. The lowest BCUT2D eigenvalue weighted by atomic mass is 10.1. The zero-order valence-corrected chi connectivity index (χ0v) is 21.5. The average Bonchev–Trinajstić information content (AvgIpc) is 2.95. The van der Waals surface area contributed by atoms with Crippen molar-refractivity contribution in [3.05, 3.63) is 118 Å². The van der Waals surface area contributed by atoms with Crippen molar-refractivity contribution in [2.45, 2.75) is 20.1 Å². The molecule has 38 heavy (non-hydrogen) atoms. The Morgan fingerprint density at radius 3 is 2.45 bits per heavy atom. The number of aromatic nitrogens is 2. The Morgan fingerprint density at radius 1 is 0.842 bits per heavy atom. The summed E-state index contributed by atoms with van der Waals surface area (Å²) in [5.41, 5.74) is 3.97. The summed E-state index contributed by atoms with van der Waals surface area (Å²) in [4.78, 5) is 13.6. The van der Waals surface area contributed by atoms with Crippen LogP contribution in [0.2, 0.25) is 0 Å². The highest BCUT2D eigenvalue weighted by Crippen LogP contribution is 2.30. The van der Waals surface area contributed by atoms with Crippen LogP contribution in [-0.2, 0) is 13.2 Å². The first kappa shape index (κ1) is 24.9. The van der Waals surface area contributed by atoms with Crippen LogP contribution in [0, 0.1) is 6.92 Å². The summed E-state index contributed by atoms with van der Waals surface area (Å²) in [6.07, 6.45) is 1.87. The van der Waals surface area contributed by atoms with Crippen molar-refractivity contribution >= 4 is 5.65 Å². The van der Waals surface area contributed by atoms with Gasteiger partial charge in [0.1, 0.15) is 24.6 Å². The Labute approximate surface area is 220 Å². The van der Waals surface area contributed by atoms with Crippen LogP contribution in [0.5, 0.6) is 23.0 Å². The molecule has 0 radical (unpaired) electrons. The smallest absolute Gasteiger partial charge is 0.341 e. The van der Waals surface area contributed by atoms with Crippen molar-refractivity contribution in [2.24, 2.45) is 0 Å². The Bertz CT molecular complexity index is 1680. The molecule has 0 N–H and O–H groups in total. The molecule has 0 aliphatic rings. The van der Waals surface area contributed by atoms with Crippen LogP contribution in [0.25, 0.3) is 16.9 Å². The summed E-state index contributed by atoms with van der Waals surface area (Å²) in [6.45, 7) is 2.44. The Balaban J connectivity index is 1.49. The Hall–Kier alpha value is -4.78. The minimum atomic E-state index is -0.160. The highest BCUT2D eigenvalue weighted by Gasteiger charge is 2.23. The SMILES string of the molecule is COc1cccc(COc2ccc(Cn3c(=O)c(C)c(-c4ccccc4[O-])[n+]4ccccc34)cc2OC)c1. The van der Waals surface area contributed by atoms with Crippen molar-refractivity contribution in [1.82, 2.24) is 4.57 Å². The monoisotopic (exact) mass is 508 g/mol. The molecule has 0 amide bonds. The molecule has 2 heterocycles. The molecule has 3 aromatic carbocycles. The topological polar surface area (TPSA) is 76.8 Å². The third-order valence-corrected chi connectivity index (χ3v) is 6.52. The molecule has 2 aromatic heterocycles. The second kappa shape index (κ2) is 10.7. The van der Waals surface area contributed by atoms with Gasteiger partial charge in [0.15, 0.2) is 11.5 Å². The molecule has 7 nitrogen and oxygen atoms in total. The number of ether oxygens (including phenoxy) is 3. The number of methoxy groups -OCH3 is 2.